The highest BCUT2D eigenvalue weighted by Crippen LogP contribution is 2.09. The fourth-order valence-electron chi connectivity index (χ4n) is 1.17. The van der Waals surface area contributed by atoms with Crippen LogP contribution in [0.2, 0.25) is 0 Å². The molecule has 0 N–H and O–H groups in total. The Morgan fingerprint density at radius 3 is 2.77 bits per heavy atom. The van der Waals surface area contributed by atoms with Gasteiger partial charge in [-0.3, -0.25) is 9.78 Å². The molecule has 1 rings (SSSR count). The van der Waals surface area contributed by atoms with Crippen LogP contribution in [0, 0.1) is 0 Å². The molecule has 0 atom stereocenters. The monoisotopic (exact) mass is 178 g/mol. The average molecular weight is 178 g/mol. The Kier molecular flexibility index (Phi) is 3.01. The highest BCUT2D eigenvalue weighted by atomic mass is 16.2. The first-order valence-electron chi connectivity index (χ1n) is 4.31. The van der Waals surface area contributed by atoms with E-state index in [-0.39, 0.29) is 5.91 Å². The van der Waals surface area contributed by atoms with Crippen LogP contribution in [-0.4, -0.2) is 29.9 Å². The van der Waals surface area contributed by atoms with E-state index in [9.17, 15) is 4.79 Å². The summed E-state index contributed by atoms with van der Waals surface area (Å²) in [6, 6.07) is 1.89. The van der Waals surface area contributed by atoms with Crippen LogP contribution < -0.4 is 0 Å². The van der Waals surface area contributed by atoms with Crippen LogP contribution in [0.5, 0.6) is 0 Å². The van der Waals surface area contributed by atoms with Crippen LogP contribution in [0.25, 0.3) is 0 Å². The second kappa shape index (κ2) is 4.03. The van der Waals surface area contributed by atoms with Gasteiger partial charge in [0.05, 0.1) is 5.56 Å². The Hall–Kier alpha value is -1.38. The Morgan fingerprint density at radius 2 is 2.23 bits per heavy atom. The minimum absolute atomic E-state index is 0.0185. The number of hydrogen-bond donors (Lipinski definition) is 0. The summed E-state index contributed by atoms with van der Waals surface area (Å²) in [6.45, 7) is 2.03. The third-order valence-electron chi connectivity index (χ3n) is 1.93. The van der Waals surface area contributed by atoms with Crippen molar-refractivity contribution in [3.05, 3.63) is 29.6 Å². The highest BCUT2D eigenvalue weighted by molar-refractivity contribution is 5.95. The van der Waals surface area contributed by atoms with E-state index >= 15 is 0 Å². The topological polar surface area (TPSA) is 33.2 Å². The molecule has 0 aliphatic rings. The molecule has 0 saturated heterocycles. The molecule has 0 aliphatic carbocycles. The summed E-state index contributed by atoms with van der Waals surface area (Å²) in [5, 5.41) is 0. The van der Waals surface area contributed by atoms with Gasteiger partial charge in [0, 0.05) is 26.5 Å². The van der Waals surface area contributed by atoms with Crippen LogP contribution >= 0.6 is 0 Å². The lowest BCUT2D eigenvalue weighted by Crippen LogP contribution is -2.23. The molecule has 0 bridgehead atoms. The van der Waals surface area contributed by atoms with Crippen molar-refractivity contribution in [2.24, 2.45) is 0 Å². The lowest BCUT2D eigenvalue weighted by Gasteiger charge is -2.12. The number of aryl methyl sites for hydroxylation is 1. The molecule has 0 radical (unpaired) electrons. The second-order valence-corrected chi connectivity index (χ2v) is 3.09. The van der Waals surface area contributed by atoms with E-state index in [2.05, 4.69) is 4.98 Å². The minimum atomic E-state index is 0.0185. The van der Waals surface area contributed by atoms with Gasteiger partial charge in [-0.05, 0) is 18.1 Å². The van der Waals surface area contributed by atoms with Gasteiger partial charge in [-0.2, -0.15) is 0 Å². The summed E-state index contributed by atoms with van der Waals surface area (Å²) in [6.07, 6.45) is 4.20. The number of nitrogens with zero attached hydrogens (tertiary/aromatic N) is 2. The molecule has 0 saturated carbocycles. The van der Waals surface area contributed by atoms with E-state index in [1.165, 1.54) is 0 Å². The maximum atomic E-state index is 11.6. The molecule has 70 valence electrons. The number of hydrogen-bond acceptors (Lipinski definition) is 2. The number of rotatable bonds is 2. The molecule has 13 heavy (non-hydrogen) atoms. The van der Waals surface area contributed by atoms with Gasteiger partial charge < -0.3 is 4.90 Å². The van der Waals surface area contributed by atoms with Gasteiger partial charge in [0.15, 0.2) is 0 Å². The molecule has 0 fully saturated rings. The Balaban J connectivity index is 3.06. The molecule has 0 aromatic carbocycles. The number of carbonyl (C=O) groups excluding carboxylic acids is 1. The molecule has 1 heterocycles. The SMILES string of the molecule is CCc1ccncc1C(=O)N(C)C. The molecular weight excluding hydrogens is 164 g/mol. The van der Waals surface area contributed by atoms with E-state index in [1.807, 2.05) is 13.0 Å². The Bertz CT molecular complexity index is 308. The molecule has 1 amide bonds. The first kappa shape index (κ1) is 9.71. The average Bonchev–Trinajstić information content (AvgIpc) is 2.16. The smallest absolute Gasteiger partial charge is 0.255 e. The summed E-state index contributed by atoms with van der Waals surface area (Å²) in [5.41, 5.74) is 1.75. The highest BCUT2D eigenvalue weighted by Gasteiger charge is 2.11. The zero-order valence-electron chi connectivity index (χ0n) is 8.24. The van der Waals surface area contributed by atoms with Crippen LogP contribution in [-0.2, 0) is 6.42 Å². The fourth-order valence-corrected chi connectivity index (χ4v) is 1.17. The first-order valence-corrected chi connectivity index (χ1v) is 4.31. The van der Waals surface area contributed by atoms with Gasteiger partial charge in [-0.15, -0.1) is 0 Å². The van der Waals surface area contributed by atoms with Crippen LogP contribution in [0.15, 0.2) is 18.5 Å². The quantitative estimate of drug-likeness (QED) is 0.684. The van der Waals surface area contributed by atoms with Crippen LogP contribution in [0.1, 0.15) is 22.8 Å². The zero-order valence-corrected chi connectivity index (χ0v) is 8.24. The largest absolute Gasteiger partial charge is 0.345 e. The third kappa shape index (κ3) is 2.05. The summed E-state index contributed by atoms with van der Waals surface area (Å²) < 4.78 is 0. The van der Waals surface area contributed by atoms with Crippen molar-refractivity contribution >= 4 is 5.91 Å². The normalized spacial score (nSPS) is 9.77. The van der Waals surface area contributed by atoms with Crippen molar-refractivity contribution in [1.29, 1.82) is 0 Å². The molecule has 0 aliphatic heterocycles. The van der Waals surface area contributed by atoms with E-state index in [1.54, 1.807) is 31.4 Å². The third-order valence-corrected chi connectivity index (χ3v) is 1.93. The Labute approximate surface area is 78.4 Å². The van der Waals surface area contributed by atoms with Crippen molar-refractivity contribution in [3.8, 4) is 0 Å². The van der Waals surface area contributed by atoms with Gasteiger partial charge in [0.25, 0.3) is 5.91 Å². The van der Waals surface area contributed by atoms with Crippen LogP contribution in [0.3, 0.4) is 0 Å². The molecule has 0 unspecified atom stereocenters. The molecule has 1 aromatic rings. The molecule has 3 nitrogen and oxygen atoms in total. The van der Waals surface area contributed by atoms with Gasteiger partial charge >= 0.3 is 0 Å². The zero-order chi connectivity index (χ0) is 9.84. The van der Waals surface area contributed by atoms with Crippen molar-refractivity contribution in [3.63, 3.8) is 0 Å². The summed E-state index contributed by atoms with van der Waals surface area (Å²) in [7, 11) is 3.49. The number of pyridine rings is 1. The summed E-state index contributed by atoms with van der Waals surface area (Å²) in [5.74, 6) is 0.0185. The Morgan fingerprint density at radius 1 is 1.54 bits per heavy atom. The first-order chi connectivity index (χ1) is 6.16. The van der Waals surface area contributed by atoms with Crippen molar-refractivity contribution in [1.82, 2.24) is 9.88 Å². The van der Waals surface area contributed by atoms with E-state index in [4.69, 9.17) is 0 Å². The van der Waals surface area contributed by atoms with Crippen molar-refractivity contribution in [2.45, 2.75) is 13.3 Å². The molecule has 3 heteroatoms. The van der Waals surface area contributed by atoms with Crippen molar-refractivity contribution < 1.29 is 4.79 Å². The van der Waals surface area contributed by atoms with Crippen molar-refractivity contribution in [2.75, 3.05) is 14.1 Å². The molecular formula is C10H14N2O. The number of aromatic nitrogens is 1. The minimum Gasteiger partial charge on any atom is -0.345 e. The maximum Gasteiger partial charge on any atom is 0.255 e. The standard InChI is InChI=1S/C10H14N2O/c1-4-8-5-6-11-7-9(8)10(13)12(2)3/h5-7H,4H2,1-3H3. The lowest BCUT2D eigenvalue weighted by molar-refractivity contribution is 0.0826. The molecule has 0 spiro atoms. The fraction of sp³-hybridized carbons (Fsp3) is 0.400. The summed E-state index contributed by atoms with van der Waals surface area (Å²) in [4.78, 5) is 17.1. The maximum absolute atomic E-state index is 11.6. The van der Waals surface area contributed by atoms with Gasteiger partial charge in [0.1, 0.15) is 0 Å². The van der Waals surface area contributed by atoms with E-state index < -0.39 is 0 Å². The second-order valence-electron chi connectivity index (χ2n) is 3.09. The lowest BCUT2D eigenvalue weighted by atomic mass is 10.1. The van der Waals surface area contributed by atoms with E-state index in [0.29, 0.717) is 5.56 Å². The predicted molar refractivity (Wildman–Crippen MR) is 51.6 cm³/mol. The molecule has 1 aromatic heterocycles. The van der Waals surface area contributed by atoms with E-state index in [0.717, 1.165) is 12.0 Å². The van der Waals surface area contributed by atoms with Gasteiger partial charge in [0.2, 0.25) is 0 Å². The number of carbonyl (C=O) groups is 1. The van der Waals surface area contributed by atoms with Crippen LogP contribution in [0.4, 0.5) is 0 Å². The number of amides is 1. The van der Waals surface area contributed by atoms with Gasteiger partial charge in [-0.25, -0.2) is 0 Å². The summed E-state index contributed by atoms with van der Waals surface area (Å²) >= 11 is 0. The van der Waals surface area contributed by atoms with Gasteiger partial charge in [-0.1, -0.05) is 6.92 Å². The predicted octanol–water partition coefficient (Wildman–Crippen LogP) is 1.35.